The summed E-state index contributed by atoms with van der Waals surface area (Å²) in [5.41, 5.74) is 4.91. The molecule has 35 heavy (non-hydrogen) atoms. The van der Waals surface area contributed by atoms with Gasteiger partial charge >= 0.3 is 0 Å². The zero-order valence-corrected chi connectivity index (χ0v) is 19.2. The third kappa shape index (κ3) is 4.17. The van der Waals surface area contributed by atoms with E-state index in [9.17, 15) is 4.79 Å². The maximum absolute atomic E-state index is 12.9. The van der Waals surface area contributed by atoms with Crippen molar-refractivity contribution in [3.8, 4) is 28.5 Å². The smallest absolute Gasteiger partial charge is 0.255 e. The van der Waals surface area contributed by atoms with Gasteiger partial charge in [-0.2, -0.15) is 5.10 Å². The Bertz CT molecular complexity index is 1540. The molecule has 0 unspecified atom stereocenters. The quantitative estimate of drug-likeness (QED) is 0.423. The summed E-state index contributed by atoms with van der Waals surface area (Å²) in [5, 5.41) is 4.84. The number of aromatic amines is 1. The van der Waals surface area contributed by atoms with Crippen LogP contribution in [0.5, 0.6) is 0 Å². The summed E-state index contributed by atoms with van der Waals surface area (Å²) in [6.45, 7) is 3.85. The van der Waals surface area contributed by atoms with Crippen LogP contribution in [0.15, 0.2) is 76.6 Å². The lowest BCUT2D eigenvalue weighted by atomic mass is 10.1. The van der Waals surface area contributed by atoms with Gasteiger partial charge in [-0.25, -0.2) is 19.6 Å². The number of H-pyrrole nitrogens is 1. The first kappa shape index (κ1) is 21.2. The number of furan rings is 1. The van der Waals surface area contributed by atoms with Crippen LogP contribution in [0.2, 0.25) is 0 Å². The SMILES string of the molecule is Cc1ccc(-c2nn(-c3ccccc3)cc2CN2CCc3nc(-c4cncnc4)[nH]c(=O)c3C2)o1. The Morgan fingerprint density at radius 2 is 1.91 bits per heavy atom. The van der Waals surface area contributed by atoms with E-state index in [2.05, 4.69) is 19.9 Å². The van der Waals surface area contributed by atoms with E-state index in [0.29, 0.717) is 36.5 Å². The molecule has 0 atom stereocenters. The topological polar surface area (TPSA) is 106 Å². The molecule has 0 aliphatic carbocycles. The molecule has 0 bridgehead atoms. The molecular weight excluding hydrogens is 442 g/mol. The minimum absolute atomic E-state index is 0.125. The van der Waals surface area contributed by atoms with Gasteiger partial charge in [0.2, 0.25) is 0 Å². The number of aryl methyl sites for hydroxylation is 1. The minimum atomic E-state index is -0.125. The molecule has 6 rings (SSSR count). The number of hydrogen-bond donors (Lipinski definition) is 1. The van der Waals surface area contributed by atoms with Gasteiger partial charge in [-0.3, -0.25) is 9.69 Å². The van der Waals surface area contributed by atoms with E-state index in [1.807, 2.05) is 60.3 Å². The van der Waals surface area contributed by atoms with Crippen molar-refractivity contribution in [1.82, 2.24) is 34.6 Å². The zero-order chi connectivity index (χ0) is 23.8. The number of para-hydroxylation sites is 1. The largest absolute Gasteiger partial charge is 0.460 e. The highest BCUT2D eigenvalue weighted by Gasteiger charge is 2.24. The van der Waals surface area contributed by atoms with Gasteiger partial charge < -0.3 is 9.40 Å². The van der Waals surface area contributed by atoms with E-state index in [-0.39, 0.29) is 5.56 Å². The van der Waals surface area contributed by atoms with Crippen molar-refractivity contribution in [3.63, 3.8) is 0 Å². The van der Waals surface area contributed by atoms with Crippen LogP contribution in [0.25, 0.3) is 28.5 Å². The van der Waals surface area contributed by atoms with Gasteiger partial charge in [0, 0.05) is 50.2 Å². The molecule has 0 radical (unpaired) electrons. The molecule has 0 amide bonds. The second-order valence-electron chi connectivity index (χ2n) is 8.62. The molecule has 9 nitrogen and oxygen atoms in total. The summed E-state index contributed by atoms with van der Waals surface area (Å²) in [6, 6.07) is 13.9. The molecule has 1 aromatic carbocycles. The van der Waals surface area contributed by atoms with Crippen molar-refractivity contribution in [2.24, 2.45) is 0 Å². The number of fused-ring (bicyclic) bond motifs is 1. The number of rotatable bonds is 5. The predicted molar refractivity (Wildman–Crippen MR) is 130 cm³/mol. The van der Waals surface area contributed by atoms with E-state index >= 15 is 0 Å². The zero-order valence-electron chi connectivity index (χ0n) is 19.2. The third-order valence-electron chi connectivity index (χ3n) is 6.16. The fraction of sp³-hybridized carbons (Fsp3) is 0.192. The molecule has 1 aliphatic rings. The molecule has 0 spiro atoms. The maximum atomic E-state index is 12.9. The van der Waals surface area contributed by atoms with Gasteiger partial charge in [0.25, 0.3) is 5.56 Å². The highest BCUT2D eigenvalue weighted by atomic mass is 16.3. The van der Waals surface area contributed by atoms with Crippen LogP contribution in [-0.4, -0.2) is 41.2 Å². The van der Waals surface area contributed by atoms with Crippen molar-refractivity contribution in [1.29, 1.82) is 0 Å². The third-order valence-corrected chi connectivity index (χ3v) is 6.16. The fourth-order valence-corrected chi connectivity index (χ4v) is 4.42. The first-order valence-electron chi connectivity index (χ1n) is 11.4. The van der Waals surface area contributed by atoms with E-state index < -0.39 is 0 Å². The molecule has 1 aliphatic heterocycles. The van der Waals surface area contributed by atoms with Crippen molar-refractivity contribution in [2.75, 3.05) is 6.54 Å². The first-order chi connectivity index (χ1) is 17.1. The van der Waals surface area contributed by atoms with Crippen LogP contribution in [0, 0.1) is 6.92 Å². The average molecular weight is 466 g/mol. The Morgan fingerprint density at radius 3 is 2.69 bits per heavy atom. The molecule has 5 heterocycles. The Morgan fingerprint density at radius 1 is 1.09 bits per heavy atom. The highest BCUT2D eigenvalue weighted by Crippen LogP contribution is 2.28. The molecule has 0 saturated heterocycles. The van der Waals surface area contributed by atoms with Crippen molar-refractivity contribution in [2.45, 2.75) is 26.4 Å². The summed E-state index contributed by atoms with van der Waals surface area (Å²) >= 11 is 0. The molecule has 4 aromatic heterocycles. The number of hydrogen-bond acceptors (Lipinski definition) is 7. The van der Waals surface area contributed by atoms with Crippen molar-refractivity contribution >= 4 is 0 Å². The van der Waals surface area contributed by atoms with E-state index in [1.165, 1.54) is 6.33 Å². The minimum Gasteiger partial charge on any atom is -0.460 e. The van der Waals surface area contributed by atoms with Crippen molar-refractivity contribution < 1.29 is 4.42 Å². The molecule has 174 valence electrons. The Balaban J connectivity index is 1.30. The lowest BCUT2D eigenvalue weighted by molar-refractivity contribution is 0.242. The van der Waals surface area contributed by atoms with Gasteiger partial charge in [0.1, 0.15) is 23.6 Å². The second-order valence-corrected chi connectivity index (χ2v) is 8.62. The Hall–Kier alpha value is -4.37. The monoisotopic (exact) mass is 465 g/mol. The molecule has 0 fully saturated rings. The highest BCUT2D eigenvalue weighted by molar-refractivity contribution is 5.58. The van der Waals surface area contributed by atoms with Gasteiger partial charge in [-0.05, 0) is 31.2 Å². The molecule has 0 saturated carbocycles. The van der Waals surface area contributed by atoms with Crippen LogP contribution < -0.4 is 5.56 Å². The number of aromatic nitrogens is 6. The predicted octanol–water partition coefficient (Wildman–Crippen LogP) is 3.54. The Labute approximate surface area is 201 Å². The summed E-state index contributed by atoms with van der Waals surface area (Å²) in [5.74, 6) is 2.07. The summed E-state index contributed by atoms with van der Waals surface area (Å²) in [7, 11) is 0. The Kier molecular flexibility index (Phi) is 5.31. The van der Waals surface area contributed by atoms with Crippen LogP contribution in [0.3, 0.4) is 0 Å². The lowest BCUT2D eigenvalue weighted by Crippen LogP contribution is -2.35. The van der Waals surface area contributed by atoms with E-state index in [1.54, 1.807) is 12.4 Å². The van der Waals surface area contributed by atoms with E-state index in [0.717, 1.165) is 40.7 Å². The lowest BCUT2D eigenvalue weighted by Gasteiger charge is -2.27. The second kappa shape index (κ2) is 8.77. The number of nitrogens with one attached hydrogen (secondary N) is 1. The van der Waals surface area contributed by atoms with Crippen LogP contribution in [0.4, 0.5) is 0 Å². The standard InChI is InChI=1S/C26H23N7O2/c1-17-7-8-23(35-17)24-19(14-33(31-24)20-5-3-2-4-6-20)13-32-10-9-22-21(15-32)26(34)30-25(29-22)18-11-27-16-28-12-18/h2-8,11-12,14,16H,9-10,13,15H2,1H3,(H,29,30,34). The fourth-order valence-electron chi connectivity index (χ4n) is 4.42. The van der Waals surface area contributed by atoms with Crippen LogP contribution in [0.1, 0.15) is 22.6 Å². The van der Waals surface area contributed by atoms with Crippen LogP contribution in [-0.2, 0) is 19.5 Å². The van der Waals surface area contributed by atoms with Gasteiger partial charge in [-0.15, -0.1) is 0 Å². The number of nitrogens with zero attached hydrogens (tertiary/aromatic N) is 6. The molecule has 1 N–H and O–H groups in total. The van der Waals surface area contributed by atoms with Gasteiger partial charge in [-0.1, -0.05) is 18.2 Å². The van der Waals surface area contributed by atoms with Crippen LogP contribution >= 0.6 is 0 Å². The normalized spacial score (nSPS) is 13.6. The maximum Gasteiger partial charge on any atom is 0.255 e. The molecular formula is C26H23N7O2. The summed E-state index contributed by atoms with van der Waals surface area (Å²) in [6.07, 6.45) is 7.47. The summed E-state index contributed by atoms with van der Waals surface area (Å²) in [4.78, 5) is 30.8. The summed E-state index contributed by atoms with van der Waals surface area (Å²) < 4.78 is 7.79. The molecule has 9 heteroatoms. The van der Waals surface area contributed by atoms with Gasteiger partial charge in [0.15, 0.2) is 5.76 Å². The average Bonchev–Trinajstić information content (AvgIpc) is 3.51. The van der Waals surface area contributed by atoms with E-state index in [4.69, 9.17) is 14.5 Å². The van der Waals surface area contributed by atoms with Gasteiger partial charge in [0.05, 0.1) is 22.5 Å². The first-order valence-corrected chi connectivity index (χ1v) is 11.4. The number of benzene rings is 1. The molecule has 5 aromatic rings. The van der Waals surface area contributed by atoms with Crippen molar-refractivity contribution in [3.05, 3.63) is 100 Å².